The number of hydrogen-bond acceptors (Lipinski definition) is 7. The minimum atomic E-state index is 0.0000882. The van der Waals surface area contributed by atoms with Gasteiger partial charge in [0.1, 0.15) is 29.5 Å². The lowest BCUT2D eigenvalue weighted by atomic mass is 10.0. The Labute approximate surface area is 198 Å². The quantitative estimate of drug-likeness (QED) is 0.469. The van der Waals surface area contributed by atoms with Crippen LogP contribution in [0.4, 0.5) is 17.5 Å². The molecule has 0 aliphatic carbocycles. The van der Waals surface area contributed by atoms with Crippen LogP contribution in [-0.2, 0) is 0 Å². The number of carbonyl (C=O) groups excluding carboxylic acids is 1. The Hall–Kier alpha value is -4.20. The second-order valence-electron chi connectivity index (χ2n) is 7.97. The Morgan fingerprint density at radius 3 is 2.56 bits per heavy atom. The van der Waals surface area contributed by atoms with Gasteiger partial charge in [-0.3, -0.25) is 4.79 Å². The average molecular weight is 455 g/mol. The zero-order valence-electron chi connectivity index (χ0n) is 19.0. The van der Waals surface area contributed by atoms with Crippen molar-refractivity contribution in [3.05, 3.63) is 78.8 Å². The maximum Gasteiger partial charge on any atom is 0.258 e. The predicted octanol–water partition coefficient (Wildman–Crippen LogP) is 4.13. The van der Waals surface area contributed by atoms with Crippen LogP contribution in [0, 0.1) is 0 Å². The molecule has 1 saturated heterocycles. The fraction of sp³-hybridized carbons (Fsp3) is 0.231. The Kier molecular flexibility index (Phi) is 6.20. The lowest BCUT2D eigenvalue weighted by Gasteiger charge is -2.35. The van der Waals surface area contributed by atoms with E-state index in [2.05, 4.69) is 25.2 Å². The number of benzene rings is 2. The number of nitrogens with zero attached hydrogens (tertiary/aromatic N) is 5. The van der Waals surface area contributed by atoms with Crippen molar-refractivity contribution in [1.29, 1.82) is 0 Å². The SMILES string of the molecule is CCOc1ccc2ccccc2c1C(=O)N1CCN(c2cc(Nc3ccccn3)ncn2)CC1. The number of pyridine rings is 1. The van der Waals surface area contributed by atoms with Gasteiger partial charge in [0.05, 0.1) is 12.2 Å². The number of hydrogen-bond donors (Lipinski definition) is 1. The topological polar surface area (TPSA) is 83.5 Å². The first-order chi connectivity index (χ1) is 16.7. The van der Waals surface area contributed by atoms with Gasteiger partial charge in [0.25, 0.3) is 5.91 Å². The molecule has 4 aromatic rings. The van der Waals surface area contributed by atoms with Crippen LogP contribution in [0.25, 0.3) is 10.8 Å². The molecule has 2 aromatic heterocycles. The molecule has 1 fully saturated rings. The zero-order valence-corrected chi connectivity index (χ0v) is 19.0. The van der Waals surface area contributed by atoms with Crippen LogP contribution < -0.4 is 15.0 Å². The molecule has 0 radical (unpaired) electrons. The molecule has 8 nitrogen and oxygen atoms in total. The summed E-state index contributed by atoms with van der Waals surface area (Å²) in [4.78, 5) is 30.7. The third-order valence-corrected chi connectivity index (χ3v) is 5.87. The van der Waals surface area contributed by atoms with E-state index in [1.165, 1.54) is 0 Å². The highest BCUT2D eigenvalue weighted by Gasteiger charge is 2.26. The fourth-order valence-electron chi connectivity index (χ4n) is 4.20. The molecular weight excluding hydrogens is 428 g/mol. The second kappa shape index (κ2) is 9.74. The van der Waals surface area contributed by atoms with E-state index in [0.29, 0.717) is 49.9 Å². The summed E-state index contributed by atoms with van der Waals surface area (Å²) in [7, 11) is 0. The van der Waals surface area contributed by atoms with Gasteiger partial charge in [-0.1, -0.05) is 36.4 Å². The number of nitrogens with one attached hydrogen (secondary N) is 1. The number of anilines is 3. The van der Waals surface area contributed by atoms with Gasteiger partial charge < -0.3 is 19.9 Å². The minimum absolute atomic E-state index is 0.0000882. The van der Waals surface area contributed by atoms with E-state index in [4.69, 9.17) is 4.74 Å². The summed E-state index contributed by atoms with van der Waals surface area (Å²) in [6.45, 7) is 5.00. The van der Waals surface area contributed by atoms with Crippen LogP contribution in [0.3, 0.4) is 0 Å². The van der Waals surface area contributed by atoms with E-state index in [1.54, 1.807) is 12.5 Å². The van der Waals surface area contributed by atoms with Crippen LogP contribution in [0.2, 0.25) is 0 Å². The normalized spacial score (nSPS) is 13.7. The first-order valence-electron chi connectivity index (χ1n) is 11.4. The highest BCUT2D eigenvalue weighted by molar-refractivity contribution is 6.09. The van der Waals surface area contributed by atoms with E-state index in [0.717, 1.165) is 22.4 Å². The Bertz CT molecular complexity index is 1290. The van der Waals surface area contributed by atoms with Crippen molar-refractivity contribution < 1.29 is 9.53 Å². The maximum absolute atomic E-state index is 13.6. The van der Waals surface area contributed by atoms with Gasteiger partial charge in [-0.2, -0.15) is 0 Å². The van der Waals surface area contributed by atoms with Crippen molar-refractivity contribution in [1.82, 2.24) is 19.9 Å². The number of fused-ring (bicyclic) bond motifs is 1. The van der Waals surface area contributed by atoms with E-state index >= 15 is 0 Å². The minimum Gasteiger partial charge on any atom is -0.493 e. The zero-order chi connectivity index (χ0) is 23.3. The molecule has 1 aliphatic rings. The molecule has 0 atom stereocenters. The summed E-state index contributed by atoms with van der Waals surface area (Å²) in [5.41, 5.74) is 0.636. The predicted molar refractivity (Wildman–Crippen MR) is 133 cm³/mol. The monoisotopic (exact) mass is 454 g/mol. The van der Waals surface area contributed by atoms with Gasteiger partial charge in [-0.15, -0.1) is 0 Å². The highest BCUT2D eigenvalue weighted by atomic mass is 16.5. The van der Waals surface area contributed by atoms with Crippen LogP contribution in [-0.4, -0.2) is 58.5 Å². The third-order valence-electron chi connectivity index (χ3n) is 5.87. The van der Waals surface area contributed by atoms with Crippen LogP contribution in [0.15, 0.2) is 73.2 Å². The Morgan fingerprint density at radius 2 is 1.76 bits per heavy atom. The van der Waals surface area contributed by atoms with Gasteiger partial charge in [0.15, 0.2) is 0 Å². The van der Waals surface area contributed by atoms with Crippen LogP contribution in [0.1, 0.15) is 17.3 Å². The summed E-state index contributed by atoms with van der Waals surface area (Å²) in [5, 5.41) is 5.15. The lowest BCUT2D eigenvalue weighted by molar-refractivity contribution is 0.0744. The van der Waals surface area contributed by atoms with Crippen molar-refractivity contribution in [3.8, 4) is 5.75 Å². The van der Waals surface area contributed by atoms with Crippen molar-refractivity contribution in [3.63, 3.8) is 0 Å². The number of ether oxygens (including phenoxy) is 1. The van der Waals surface area contributed by atoms with Crippen molar-refractivity contribution in [2.24, 2.45) is 0 Å². The molecule has 8 heteroatoms. The molecule has 1 aliphatic heterocycles. The van der Waals surface area contributed by atoms with Gasteiger partial charge in [-0.05, 0) is 35.9 Å². The molecule has 3 heterocycles. The molecule has 34 heavy (non-hydrogen) atoms. The number of amides is 1. The van der Waals surface area contributed by atoms with Crippen LogP contribution >= 0.6 is 0 Å². The molecule has 5 rings (SSSR count). The fourth-order valence-corrected chi connectivity index (χ4v) is 4.20. The molecule has 172 valence electrons. The van der Waals surface area contributed by atoms with E-state index in [1.807, 2.05) is 72.5 Å². The van der Waals surface area contributed by atoms with Gasteiger partial charge in [-0.25, -0.2) is 15.0 Å². The van der Waals surface area contributed by atoms with E-state index in [9.17, 15) is 4.79 Å². The van der Waals surface area contributed by atoms with Gasteiger partial charge in [0.2, 0.25) is 0 Å². The van der Waals surface area contributed by atoms with Crippen molar-refractivity contribution >= 4 is 34.1 Å². The summed E-state index contributed by atoms with van der Waals surface area (Å²) in [6, 6.07) is 19.4. The third kappa shape index (κ3) is 4.47. The van der Waals surface area contributed by atoms with E-state index < -0.39 is 0 Å². The Balaban J connectivity index is 1.31. The summed E-state index contributed by atoms with van der Waals surface area (Å²) < 4.78 is 5.82. The average Bonchev–Trinajstić information content (AvgIpc) is 2.89. The van der Waals surface area contributed by atoms with Crippen molar-refractivity contribution in [2.75, 3.05) is 43.0 Å². The largest absolute Gasteiger partial charge is 0.493 e. The lowest BCUT2D eigenvalue weighted by Crippen LogP contribution is -2.49. The number of carbonyl (C=O) groups is 1. The smallest absolute Gasteiger partial charge is 0.258 e. The summed E-state index contributed by atoms with van der Waals surface area (Å²) in [6.07, 6.45) is 3.27. The standard InChI is InChI=1S/C26H26N6O2/c1-2-34-21-11-10-19-7-3-4-8-20(19)25(21)26(33)32-15-13-31(14-16-32)24-17-23(28-18-29-24)30-22-9-5-6-12-27-22/h3-12,17-18H,2,13-16H2,1H3,(H,27,28,29,30). The Morgan fingerprint density at radius 1 is 0.941 bits per heavy atom. The van der Waals surface area contributed by atoms with Crippen molar-refractivity contribution in [2.45, 2.75) is 6.92 Å². The van der Waals surface area contributed by atoms with E-state index in [-0.39, 0.29) is 5.91 Å². The van der Waals surface area contributed by atoms with Gasteiger partial charge in [0, 0.05) is 38.4 Å². The maximum atomic E-state index is 13.6. The molecule has 0 saturated carbocycles. The first kappa shape index (κ1) is 21.6. The summed E-state index contributed by atoms with van der Waals surface area (Å²) >= 11 is 0. The molecule has 0 unspecified atom stereocenters. The summed E-state index contributed by atoms with van der Waals surface area (Å²) in [5.74, 6) is 2.86. The molecule has 2 aromatic carbocycles. The molecular formula is C26H26N6O2. The second-order valence-corrected chi connectivity index (χ2v) is 7.97. The molecule has 0 spiro atoms. The number of rotatable bonds is 6. The van der Waals surface area contributed by atoms with Gasteiger partial charge >= 0.3 is 0 Å². The molecule has 1 N–H and O–H groups in total. The highest BCUT2D eigenvalue weighted by Crippen LogP contribution is 2.30. The molecule has 0 bridgehead atoms. The molecule has 1 amide bonds. The van der Waals surface area contributed by atoms with Crippen LogP contribution in [0.5, 0.6) is 5.75 Å². The number of aromatic nitrogens is 3. The first-order valence-corrected chi connectivity index (χ1v) is 11.4. The number of piperazine rings is 1.